The first-order valence-electron chi connectivity index (χ1n) is 8.41. The molecule has 0 heterocycles. The number of esters is 1. The summed E-state index contributed by atoms with van der Waals surface area (Å²) in [5.74, 6) is -1.33. The Kier molecular flexibility index (Phi) is 7.65. The van der Waals surface area contributed by atoms with Gasteiger partial charge in [0.15, 0.2) is 6.61 Å². The lowest BCUT2D eigenvalue weighted by Crippen LogP contribution is -2.30. The second-order valence-electron chi connectivity index (χ2n) is 6.27. The van der Waals surface area contributed by atoms with Gasteiger partial charge < -0.3 is 9.47 Å². The summed E-state index contributed by atoms with van der Waals surface area (Å²) in [5.41, 5.74) is 0.105. The SMILES string of the molecule is COc1ccc(C(=O)OCC(=O)c2ccc(Cl)cc2Cl)cc1S(=O)(=O)NC(C)C. The number of sulfonamides is 1. The van der Waals surface area contributed by atoms with Crippen LogP contribution >= 0.6 is 23.2 Å². The normalized spacial score (nSPS) is 11.4. The van der Waals surface area contributed by atoms with Crippen molar-refractivity contribution < 1.29 is 27.5 Å². The van der Waals surface area contributed by atoms with Gasteiger partial charge in [-0.05, 0) is 50.2 Å². The third-order valence-electron chi connectivity index (χ3n) is 3.65. The van der Waals surface area contributed by atoms with E-state index in [1.54, 1.807) is 13.8 Å². The molecule has 0 unspecified atom stereocenters. The van der Waals surface area contributed by atoms with Crippen LogP contribution in [0.3, 0.4) is 0 Å². The fourth-order valence-electron chi connectivity index (χ4n) is 2.40. The molecule has 0 spiro atoms. The van der Waals surface area contributed by atoms with Crippen LogP contribution in [0.1, 0.15) is 34.6 Å². The fourth-order valence-corrected chi connectivity index (χ4v) is 4.36. The third-order valence-corrected chi connectivity index (χ3v) is 5.87. The second kappa shape index (κ2) is 9.58. The van der Waals surface area contributed by atoms with Crippen molar-refractivity contribution in [1.29, 1.82) is 0 Å². The highest BCUT2D eigenvalue weighted by Crippen LogP contribution is 2.26. The zero-order chi connectivity index (χ0) is 21.8. The van der Waals surface area contributed by atoms with Crippen molar-refractivity contribution in [3.8, 4) is 5.75 Å². The van der Waals surface area contributed by atoms with Crippen LogP contribution in [0.25, 0.3) is 0 Å². The standard InChI is InChI=1S/C19H19Cl2NO6S/c1-11(2)22-29(25,26)18-8-12(4-7-17(18)27-3)19(24)28-10-16(23)14-6-5-13(20)9-15(14)21/h4-9,11,22H,10H2,1-3H3. The molecule has 0 amide bonds. The van der Waals surface area contributed by atoms with E-state index in [0.717, 1.165) is 6.07 Å². The van der Waals surface area contributed by atoms with Crippen LogP contribution < -0.4 is 9.46 Å². The van der Waals surface area contributed by atoms with Crippen LogP contribution in [0.2, 0.25) is 10.0 Å². The first kappa shape index (κ1) is 23.2. The van der Waals surface area contributed by atoms with Gasteiger partial charge in [-0.3, -0.25) is 4.79 Å². The van der Waals surface area contributed by atoms with Gasteiger partial charge in [0, 0.05) is 16.6 Å². The van der Waals surface area contributed by atoms with E-state index in [0.29, 0.717) is 5.02 Å². The van der Waals surface area contributed by atoms with E-state index < -0.39 is 28.4 Å². The Morgan fingerprint density at radius 3 is 2.38 bits per heavy atom. The molecule has 0 fully saturated rings. The lowest BCUT2D eigenvalue weighted by Gasteiger charge is -2.14. The van der Waals surface area contributed by atoms with Crippen molar-refractivity contribution in [2.24, 2.45) is 0 Å². The highest BCUT2D eigenvalue weighted by Gasteiger charge is 2.23. The zero-order valence-corrected chi connectivity index (χ0v) is 18.2. The Morgan fingerprint density at radius 1 is 1.10 bits per heavy atom. The number of ketones is 1. The summed E-state index contributed by atoms with van der Waals surface area (Å²) in [6, 6.07) is 7.77. The molecule has 2 rings (SSSR count). The van der Waals surface area contributed by atoms with E-state index in [-0.39, 0.29) is 32.8 Å². The molecule has 2 aromatic carbocycles. The van der Waals surface area contributed by atoms with Crippen molar-refractivity contribution in [3.05, 3.63) is 57.6 Å². The minimum Gasteiger partial charge on any atom is -0.495 e. The van der Waals surface area contributed by atoms with Gasteiger partial charge in [-0.1, -0.05) is 23.2 Å². The van der Waals surface area contributed by atoms with Crippen LogP contribution in [0.5, 0.6) is 5.75 Å². The molecule has 29 heavy (non-hydrogen) atoms. The first-order chi connectivity index (χ1) is 13.5. The molecule has 2 aromatic rings. The van der Waals surface area contributed by atoms with E-state index in [1.807, 2.05) is 0 Å². The molecule has 0 bridgehead atoms. The number of benzene rings is 2. The van der Waals surface area contributed by atoms with Crippen LogP contribution in [0.4, 0.5) is 0 Å². The van der Waals surface area contributed by atoms with Gasteiger partial charge in [-0.25, -0.2) is 17.9 Å². The number of hydrogen-bond acceptors (Lipinski definition) is 6. The number of carbonyl (C=O) groups is 2. The Labute approximate surface area is 179 Å². The maximum absolute atomic E-state index is 12.5. The van der Waals surface area contributed by atoms with Crippen LogP contribution in [-0.4, -0.2) is 39.9 Å². The van der Waals surface area contributed by atoms with Crippen LogP contribution in [-0.2, 0) is 14.8 Å². The van der Waals surface area contributed by atoms with Crippen molar-refractivity contribution >= 4 is 45.0 Å². The molecule has 0 radical (unpaired) electrons. The second-order valence-corrected chi connectivity index (χ2v) is 8.79. The molecule has 0 saturated carbocycles. The summed E-state index contributed by atoms with van der Waals surface area (Å²) in [6.07, 6.45) is 0. The minimum atomic E-state index is -3.92. The van der Waals surface area contributed by atoms with E-state index >= 15 is 0 Å². The smallest absolute Gasteiger partial charge is 0.338 e. The van der Waals surface area contributed by atoms with Gasteiger partial charge in [0.05, 0.1) is 17.7 Å². The largest absolute Gasteiger partial charge is 0.495 e. The van der Waals surface area contributed by atoms with Gasteiger partial charge in [-0.2, -0.15) is 0 Å². The Balaban J connectivity index is 2.21. The predicted octanol–water partition coefficient (Wildman–Crippen LogP) is 3.73. The number of halogens is 2. The Morgan fingerprint density at radius 2 is 1.79 bits per heavy atom. The van der Waals surface area contributed by atoms with Crippen LogP contribution in [0, 0.1) is 0 Å². The monoisotopic (exact) mass is 459 g/mol. The summed E-state index contributed by atoms with van der Waals surface area (Å²) in [4.78, 5) is 24.4. The molecule has 0 saturated heterocycles. The lowest BCUT2D eigenvalue weighted by atomic mass is 10.1. The molecule has 0 atom stereocenters. The molecule has 0 aliphatic rings. The van der Waals surface area contributed by atoms with E-state index in [4.69, 9.17) is 32.7 Å². The van der Waals surface area contributed by atoms with Gasteiger partial charge in [0.2, 0.25) is 15.8 Å². The highest BCUT2D eigenvalue weighted by molar-refractivity contribution is 7.89. The minimum absolute atomic E-state index is 0.0510. The first-order valence-corrected chi connectivity index (χ1v) is 10.6. The molecule has 0 aromatic heterocycles. The predicted molar refractivity (Wildman–Crippen MR) is 110 cm³/mol. The van der Waals surface area contributed by atoms with Crippen molar-refractivity contribution in [1.82, 2.24) is 4.72 Å². The summed E-state index contributed by atoms with van der Waals surface area (Å²) in [6.45, 7) is 2.75. The number of carbonyl (C=O) groups excluding carboxylic acids is 2. The summed E-state index contributed by atoms with van der Waals surface area (Å²) >= 11 is 11.8. The number of ether oxygens (including phenoxy) is 2. The summed E-state index contributed by atoms with van der Waals surface area (Å²) < 4.78 is 37.5. The summed E-state index contributed by atoms with van der Waals surface area (Å²) in [5, 5.41) is 0.502. The number of rotatable bonds is 8. The number of hydrogen-bond donors (Lipinski definition) is 1. The molecule has 1 N–H and O–H groups in total. The van der Waals surface area contributed by atoms with E-state index in [2.05, 4.69) is 4.72 Å². The van der Waals surface area contributed by atoms with E-state index in [9.17, 15) is 18.0 Å². The number of Topliss-reactive ketones (excluding diaryl/α,β-unsaturated/α-hetero) is 1. The summed E-state index contributed by atoms with van der Waals surface area (Å²) in [7, 11) is -2.61. The highest BCUT2D eigenvalue weighted by atomic mass is 35.5. The molecule has 10 heteroatoms. The van der Waals surface area contributed by atoms with Crippen molar-refractivity contribution in [2.45, 2.75) is 24.8 Å². The van der Waals surface area contributed by atoms with Gasteiger partial charge >= 0.3 is 5.97 Å². The molecule has 0 aliphatic carbocycles. The van der Waals surface area contributed by atoms with Gasteiger partial charge in [0.1, 0.15) is 10.6 Å². The van der Waals surface area contributed by atoms with E-state index in [1.165, 1.54) is 37.4 Å². The van der Waals surface area contributed by atoms with Gasteiger partial charge in [-0.15, -0.1) is 0 Å². The quantitative estimate of drug-likeness (QED) is 0.476. The van der Waals surface area contributed by atoms with Crippen molar-refractivity contribution in [2.75, 3.05) is 13.7 Å². The molecule has 156 valence electrons. The third kappa shape index (κ3) is 5.93. The lowest BCUT2D eigenvalue weighted by molar-refractivity contribution is 0.0474. The molecule has 0 aliphatic heterocycles. The van der Waals surface area contributed by atoms with Crippen molar-refractivity contribution in [3.63, 3.8) is 0 Å². The maximum Gasteiger partial charge on any atom is 0.338 e. The zero-order valence-electron chi connectivity index (χ0n) is 15.9. The average Bonchev–Trinajstić information content (AvgIpc) is 2.64. The molecular weight excluding hydrogens is 441 g/mol. The number of methoxy groups -OCH3 is 1. The maximum atomic E-state index is 12.5. The Bertz CT molecular complexity index is 1040. The Hall–Kier alpha value is -2.13. The average molecular weight is 460 g/mol. The van der Waals surface area contributed by atoms with Crippen LogP contribution in [0.15, 0.2) is 41.3 Å². The topological polar surface area (TPSA) is 98.8 Å². The molecule has 7 nitrogen and oxygen atoms in total. The van der Waals surface area contributed by atoms with Gasteiger partial charge in [0.25, 0.3) is 0 Å². The number of nitrogens with one attached hydrogen (secondary N) is 1. The molecular formula is C19H19Cl2NO6S. The fraction of sp³-hybridized carbons (Fsp3) is 0.263.